The second kappa shape index (κ2) is 6.66. The number of rotatable bonds is 6. The van der Waals surface area contributed by atoms with Gasteiger partial charge in [-0.25, -0.2) is 4.79 Å². The molecular formula is C13H16N2O2. The second-order valence-electron chi connectivity index (χ2n) is 3.85. The largest absolute Gasteiger partial charge is 0.478 e. The molecule has 0 spiro atoms. The molecule has 1 rings (SSSR count). The topological polar surface area (TPSA) is 73.1 Å². The Morgan fingerprint density at radius 2 is 2.12 bits per heavy atom. The highest BCUT2D eigenvalue weighted by atomic mass is 16.4. The summed E-state index contributed by atoms with van der Waals surface area (Å²) < 4.78 is 0. The van der Waals surface area contributed by atoms with E-state index in [1.807, 2.05) is 6.92 Å². The summed E-state index contributed by atoms with van der Waals surface area (Å²) in [5.74, 6) is -0.916. The van der Waals surface area contributed by atoms with Gasteiger partial charge in [-0.2, -0.15) is 5.26 Å². The lowest BCUT2D eigenvalue weighted by Gasteiger charge is -2.13. The Bertz CT molecular complexity index is 406. The molecule has 0 aliphatic rings. The average Bonchev–Trinajstić information content (AvgIpc) is 2.35. The van der Waals surface area contributed by atoms with Crippen molar-refractivity contribution in [2.24, 2.45) is 0 Å². The first-order chi connectivity index (χ1) is 8.17. The number of aromatic carboxylic acids is 1. The fourth-order valence-electron chi connectivity index (χ4n) is 1.50. The van der Waals surface area contributed by atoms with Gasteiger partial charge in [-0.15, -0.1) is 0 Å². The van der Waals surface area contributed by atoms with Gasteiger partial charge in [0, 0.05) is 12.6 Å². The maximum Gasteiger partial charge on any atom is 0.335 e. The fraction of sp³-hybridized carbons (Fsp3) is 0.385. The number of nitrogens with zero attached hydrogens (tertiary/aromatic N) is 1. The fourth-order valence-corrected chi connectivity index (χ4v) is 1.50. The van der Waals surface area contributed by atoms with Crippen molar-refractivity contribution < 1.29 is 9.90 Å². The molecule has 4 nitrogen and oxygen atoms in total. The molecule has 0 saturated heterocycles. The van der Waals surface area contributed by atoms with E-state index >= 15 is 0 Å². The number of carboxylic acid groups (broad SMARTS) is 1. The Kier molecular flexibility index (Phi) is 5.18. The third kappa shape index (κ3) is 4.25. The Labute approximate surface area is 101 Å². The third-order valence-electron chi connectivity index (χ3n) is 2.63. The highest BCUT2D eigenvalue weighted by Gasteiger charge is 2.05. The van der Waals surface area contributed by atoms with Gasteiger partial charge in [0.25, 0.3) is 0 Å². The Balaban J connectivity index is 2.52. The maximum atomic E-state index is 10.7. The Morgan fingerprint density at radius 1 is 1.47 bits per heavy atom. The van der Waals surface area contributed by atoms with Crippen LogP contribution >= 0.6 is 0 Å². The summed E-state index contributed by atoms with van der Waals surface area (Å²) in [4.78, 5) is 10.7. The molecule has 17 heavy (non-hydrogen) atoms. The van der Waals surface area contributed by atoms with E-state index in [9.17, 15) is 4.79 Å². The molecule has 90 valence electrons. The maximum absolute atomic E-state index is 10.7. The van der Waals surface area contributed by atoms with Gasteiger partial charge in [0.2, 0.25) is 0 Å². The summed E-state index contributed by atoms with van der Waals surface area (Å²) >= 11 is 0. The smallest absolute Gasteiger partial charge is 0.335 e. The van der Waals surface area contributed by atoms with Crippen LogP contribution in [0.15, 0.2) is 24.3 Å². The molecule has 0 radical (unpaired) electrons. The SMILES string of the molecule is CCC(CC#N)NCc1ccc(C(=O)O)cc1. The summed E-state index contributed by atoms with van der Waals surface area (Å²) in [6.07, 6.45) is 1.39. The minimum atomic E-state index is -0.916. The van der Waals surface area contributed by atoms with Crippen molar-refractivity contribution in [1.29, 1.82) is 5.26 Å². The number of carboxylic acids is 1. The van der Waals surface area contributed by atoms with Gasteiger partial charge in [0.1, 0.15) is 0 Å². The van der Waals surface area contributed by atoms with Gasteiger partial charge in [-0.1, -0.05) is 19.1 Å². The zero-order valence-corrected chi connectivity index (χ0v) is 9.81. The minimum absolute atomic E-state index is 0.194. The van der Waals surface area contributed by atoms with E-state index in [-0.39, 0.29) is 11.6 Å². The van der Waals surface area contributed by atoms with Gasteiger partial charge in [-0.05, 0) is 24.1 Å². The molecule has 4 heteroatoms. The molecule has 0 saturated carbocycles. The van der Waals surface area contributed by atoms with E-state index in [0.717, 1.165) is 12.0 Å². The van der Waals surface area contributed by atoms with Crippen molar-refractivity contribution in [1.82, 2.24) is 5.32 Å². The predicted octanol–water partition coefficient (Wildman–Crippen LogP) is 2.17. The normalized spacial score (nSPS) is 11.8. The first-order valence-electron chi connectivity index (χ1n) is 5.60. The highest BCUT2D eigenvalue weighted by Crippen LogP contribution is 2.05. The summed E-state index contributed by atoms with van der Waals surface area (Å²) in [6.45, 7) is 2.68. The molecule has 0 fully saturated rings. The van der Waals surface area contributed by atoms with Crippen LogP contribution in [0.3, 0.4) is 0 Å². The van der Waals surface area contributed by atoms with Gasteiger partial charge < -0.3 is 10.4 Å². The molecular weight excluding hydrogens is 216 g/mol. The number of hydrogen-bond donors (Lipinski definition) is 2. The quantitative estimate of drug-likeness (QED) is 0.788. The number of nitrogens with one attached hydrogen (secondary N) is 1. The molecule has 0 aliphatic heterocycles. The first kappa shape index (κ1) is 13.2. The van der Waals surface area contributed by atoms with Crippen molar-refractivity contribution in [2.45, 2.75) is 32.4 Å². The van der Waals surface area contributed by atoms with Crippen LogP contribution in [0, 0.1) is 11.3 Å². The second-order valence-corrected chi connectivity index (χ2v) is 3.85. The van der Waals surface area contributed by atoms with Crippen LogP contribution < -0.4 is 5.32 Å². The van der Waals surface area contributed by atoms with E-state index < -0.39 is 5.97 Å². The van der Waals surface area contributed by atoms with Crippen LogP contribution in [-0.4, -0.2) is 17.1 Å². The molecule has 1 atom stereocenters. The standard InChI is InChI=1S/C13H16N2O2/c1-2-12(7-8-14)15-9-10-3-5-11(6-4-10)13(16)17/h3-6,12,15H,2,7,9H2,1H3,(H,16,17). The van der Waals surface area contributed by atoms with Crippen molar-refractivity contribution in [2.75, 3.05) is 0 Å². The molecule has 0 heterocycles. The van der Waals surface area contributed by atoms with Gasteiger partial charge in [0.05, 0.1) is 18.1 Å². The molecule has 0 amide bonds. The van der Waals surface area contributed by atoms with E-state index in [0.29, 0.717) is 13.0 Å². The number of hydrogen-bond acceptors (Lipinski definition) is 3. The van der Waals surface area contributed by atoms with Gasteiger partial charge in [-0.3, -0.25) is 0 Å². The van der Waals surface area contributed by atoms with Crippen molar-refractivity contribution in [3.05, 3.63) is 35.4 Å². The van der Waals surface area contributed by atoms with E-state index in [4.69, 9.17) is 10.4 Å². The summed E-state index contributed by atoms with van der Waals surface area (Å²) in [5, 5.41) is 20.6. The van der Waals surface area contributed by atoms with Crippen LogP contribution in [0.2, 0.25) is 0 Å². The summed E-state index contributed by atoms with van der Waals surface area (Å²) in [6, 6.07) is 9.08. The molecule has 0 aromatic heterocycles. The van der Waals surface area contributed by atoms with Crippen LogP contribution in [0.4, 0.5) is 0 Å². The van der Waals surface area contributed by atoms with Crippen LogP contribution in [0.5, 0.6) is 0 Å². The highest BCUT2D eigenvalue weighted by molar-refractivity contribution is 5.87. The lowest BCUT2D eigenvalue weighted by Crippen LogP contribution is -2.27. The molecule has 0 bridgehead atoms. The molecule has 2 N–H and O–H groups in total. The zero-order valence-electron chi connectivity index (χ0n) is 9.81. The molecule has 1 unspecified atom stereocenters. The van der Waals surface area contributed by atoms with Crippen LogP contribution in [-0.2, 0) is 6.54 Å². The monoisotopic (exact) mass is 232 g/mol. The van der Waals surface area contributed by atoms with Crippen LogP contribution in [0.1, 0.15) is 35.7 Å². The summed E-state index contributed by atoms with van der Waals surface area (Å²) in [5.41, 5.74) is 1.31. The lowest BCUT2D eigenvalue weighted by molar-refractivity contribution is 0.0697. The van der Waals surface area contributed by atoms with Crippen LogP contribution in [0.25, 0.3) is 0 Å². The average molecular weight is 232 g/mol. The minimum Gasteiger partial charge on any atom is -0.478 e. The van der Waals surface area contributed by atoms with Crippen molar-refractivity contribution in [3.8, 4) is 6.07 Å². The van der Waals surface area contributed by atoms with Crippen molar-refractivity contribution in [3.63, 3.8) is 0 Å². The lowest BCUT2D eigenvalue weighted by atomic mass is 10.1. The van der Waals surface area contributed by atoms with E-state index in [2.05, 4.69) is 11.4 Å². The third-order valence-corrected chi connectivity index (χ3v) is 2.63. The molecule has 0 aliphatic carbocycles. The van der Waals surface area contributed by atoms with Gasteiger partial charge in [0.15, 0.2) is 0 Å². The summed E-state index contributed by atoms with van der Waals surface area (Å²) in [7, 11) is 0. The van der Waals surface area contributed by atoms with E-state index in [1.165, 1.54) is 0 Å². The first-order valence-corrected chi connectivity index (χ1v) is 5.60. The predicted molar refractivity (Wildman–Crippen MR) is 64.6 cm³/mol. The number of carbonyl (C=O) groups is 1. The van der Waals surface area contributed by atoms with Crippen molar-refractivity contribution >= 4 is 5.97 Å². The Hall–Kier alpha value is -1.86. The molecule has 1 aromatic rings. The zero-order chi connectivity index (χ0) is 12.7. The number of nitriles is 1. The van der Waals surface area contributed by atoms with Gasteiger partial charge >= 0.3 is 5.97 Å². The number of benzene rings is 1. The van der Waals surface area contributed by atoms with E-state index in [1.54, 1.807) is 24.3 Å². The Morgan fingerprint density at radius 3 is 2.59 bits per heavy atom. The molecule has 1 aromatic carbocycles.